The standard InChI is InChI=1S/C20H21BrCl2N2O3/c1-3-24-20(27)13(2)25(11-14-5-4-6-15(21)9-14)19(26)12-28-18-8-7-16(22)10-17(18)23/h4-10,13H,3,11-12H2,1-2H3,(H,24,27)/t13-/m1/s1. The normalized spacial score (nSPS) is 11.6. The number of benzene rings is 2. The molecule has 0 aliphatic carbocycles. The molecule has 0 unspecified atom stereocenters. The van der Waals surface area contributed by atoms with Gasteiger partial charge in [0.2, 0.25) is 5.91 Å². The maximum absolute atomic E-state index is 12.9. The number of hydrogen-bond donors (Lipinski definition) is 1. The maximum Gasteiger partial charge on any atom is 0.261 e. The predicted molar refractivity (Wildman–Crippen MR) is 115 cm³/mol. The van der Waals surface area contributed by atoms with Gasteiger partial charge in [-0.1, -0.05) is 51.3 Å². The number of ether oxygens (including phenoxy) is 1. The van der Waals surface area contributed by atoms with Gasteiger partial charge in [0, 0.05) is 22.6 Å². The lowest BCUT2D eigenvalue weighted by Crippen LogP contribution is -2.49. The molecule has 0 saturated heterocycles. The van der Waals surface area contributed by atoms with Crippen LogP contribution in [0.15, 0.2) is 46.9 Å². The van der Waals surface area contributed by atoms with Crippen LogP contribution in [-0.4, -0.2) is 35.9 Å². The second-order valence-electron chi connectivity index (χ2n) is 6.09. The average Bonchev–Trinajstić information content (AvgIpc) is 2.65. The molecule has 0 radical (unpaired) electrons. The van der Waals surface area contributed by atoms with Crippen molar-refractivity contribution in [2.75, 3.05) is 13.2 Å². The van der Waals surface area contributed by atoms with Crippen LogP contribution in [0, 0.1) is 0 Å². The van der Waals surface area contributed by atoms with E-state index in [1.54, 1.807) is 25.1 Å². The smallest absolute Gasteiger partial charge is 0.261 e. The molecule has 2 rings (SSSR count). The van der Waals surface area contributed by atoms with Crippen LogP contribution in [0.2, 0.25) is 10.0 Å². The number of halogens is 3. The molecule has 0 heterocycles. The summed E-state index contributed by atoms with van der Waals surface area (Å²) in [5.74, 6) is -0.201. The third-order valence-corrected chi connectivity index (χ3v) is 5.03. The van der Waals surface area contributed by atoms with Gasteiger partial charge in [-0.05, 0) is 49.7 Å². The van der Waals surface area contributed by atoms with Crippen molar-refractivity contribution in [3.63, 3.8) is 0 Å². The summed E-state index contributed by atoms with van der Waals surface area (Å²) in [6, 6.07) is 11.7. The minimum absolute atomic E-state index is 0.227. The van der Waals surface area contributed by atoms with Crippen molar-refractivity contribution in [2.24, 2.45) is 0 Å². The van der Waals surface area contributed by atoms with E-state index in [4.69, 9.17) is 27.9 Å². The molecule has 0 fully saturated rings. The third kappa shape index (κ3) is 6.40. The van der Waals surface area contributed by atoms with Crippen LogP contribution < -0.4 is 10.1 Å². The lowest BCUT2D eigenvalue weighted by molar-refractivity contribution is -0.142. The van der Waals surface area contributed by atoms with E-state index in [2.05, 4.69) is 21.2 Å². The molecule has 5 nitrogen and oxygen atoms in total. The fourth-order valence-corrected chi connectivity index (χ4v) is 3.46. The summed E-state index contributed by atoms with van der Waals surface area (Å²) in [5, 5.41) is 3.54. The Morgan fingerprint density at radius 1 is 1.21 bits per heavy atom. The zero-order chi connectivity index (χ0) is 20.7. The first-order valence-corrected chi connectivity index (χ1v) is 10.3. The lowest BCUT2D eigenvalue weighted by atomic mass is 10.1. The number of nitrogens with zero attached hydrogens (tertiary/aromatic N) is 1. The Kier molecular flexibility index (Phi) is 8.60. The fourth-order valence-electron chi connectivity index (χ4n) is 2.55. The predicted octanol–water partition coefficient (Wildman–Crippen LogP) is 4.69. The first kappa shape index (κ1) is 22.5. The Bertz CT molecular complexity index is 848. The molecule has 0 spiro atoms. The largest absolute Gasteiger partial charge is 0.482 e. The summed E-state index contributed by atoms with van der Waals surface area (Å²) in [6.07, 6.45) is 0. The van der Waals surface area contributed by atoms with E-state index >= 15 is 0 Å². The van der Waals surface area contributed by atoms with E-state index in [9.17, 15) is 9.59 Å². The highest BCUT2D eigenvalue weighted by Crippen LogP contribution is 2.27. The summed E-state index contributed by atoms with van der Waals surface area (Å²) in [7, 11) is 0. The second kappa shape index (κ2) is 10.7. The number of hydrogen-bond acceptors (Lipinski definition) is 3. The summed E-state index contributed by atoms with van der Waals surface area (Å²) >= 11 is 15.4. The molecule has 0 aliphatic heterocycles. The van der Waals surface area contributed by atoms with Crippen molar-refractivity contribution in [1.29, 1.82) is 0 Å². The number of nitrogens with one attached hydrogen (secondary N) is 1. The van der Waals surface area contributed by atoms with Crippen LogP contribution in [0.5, 0.6) is 5.75 Å². The van der Waals surface area contributed by atoms with Crippen molar-refractivity contribution < 1.29 is 14.3 Å². The van der Waals surface area contributed by atoms with E-state index in [0.29, 0.717) is 22.3 Å². The van der Waals surface area contributed by atoms with Crippen molar-refractivity contribution in [3.05, 3.63) is 62.5 Å². The molecule has 0 bridgehead atoms. The summed E-state index contributed by atoms with van der Waals surface area (Å²) < 4.78 is 6.46. The third-order valence-electron chi connectivity index (χ3n) is 4.01. The topological polar surface area (TPSA) is 58.6 Å². The van der Waals surface area contributed by atoms with Crippen LogP contribution in [0.25, 0.3) is 0 Å². The van der Waals surface area contributed by atoms with Crippen LogP contribution >= 0.6 is 39.1 Å². The maximum atomic E-state index is 12.9. The molecule has 0 saturated carbocycles. The van der Waals surface area contributed by atoms with Gasteiger partial charge in [-0.25, -0.2) is 0 Å². The van der Waals surface area contributed by atoms with Crippen molar-refractivity contribution >= 4 is 50.9 Å². The fraction of sp³-hybridized carbons (Fsp3) is 0.300. The first-order chi connectivity index (χ1) is 13.3. The van der Waals surface area contributed by atoms with E-state index in [-0.39, 0.29) is 25.0 Å². The number of carbonyl (C=O) groups is 2. The van der Waals surface area contributed by atoms with Crippen LogP contribution in [0.1, 0.15) is 19.4 Å². The molecule has 150 valence electrons. The zero-order valence-corrected chi connectivity index (χ0v) is 18.6. The molecule has 1 atom stereocenters. The van der Waals surface area contributed by atoms with Gasteiger partial charge in [-0.2, -0.15) is 0 Å². The molecule has 2 aromatic rings. The minimum Gasteiger partial charge on any atom is -0.482 e. The van der Waals surface area contributed by atoms with Crippen molar-refractivity contribution in [1.82, 2.24) is 10.2 Å². The van der Waals surface area contributed by atoms with E-state index in [0.717, 1.165) is 10.0 Å². The van der Waals surface area contributed by atoms with E-state index in [1.165, 1.54) is 4.90 Å². The van der Waals surface area contributed by atoms with Crippen molar-refractivity contribution in [2.45, 2.75) is 26.4 Å². The molecular formula is C20H21BrCl2N2O3. The molecule has 2 amide bonds. The van der Waals surface area contributed by atoms with Gasteiger partial charge in [0.1, 0.15) is 11.8 Å². The SMILES string of the molecule is CCNC(=O)[C@@H](C)N(Cc1cccc(Br)c1)C(=O)COc1ccc(Cl)cc1Cl. The number of likely N-dealkylation sites (N-methyl/N-ethyl adjacent to an activating group) is 1. The quantitative estimate of drug-likeness (QED) is 0.587. The van der Waals surface area contributed by atoms with Crippen molar-refractivity contribution in [3.8, 4) is 5.75 Å². The Labute approximate surface area is 183 Å². The Morgan fingerprint density at radius 2 is 1.96 bits per heavy atom. The minimum atomic E-state index is -0.657. The molecule has 0 aliphatic rings. The second-order valence-corrected chi connectivity index (χ2v) is 7.84. The molecule has 0 aromatic heterocycles. The summed E-state index contributed by atoms with van der Waals surface area (Å²) in [4.78, 5) is 26.7. The van der Waals surface area contributed by atoms with Gasteiger partial charge < -0.3 is 15.0 Å². The molecule has 8 heteroatoms. The summed E-state index contributed by atoms with van der Waals surface area (Å²) in [6.45, 7) is 4.03. The average molecular weight is 488 g/mol. The number of rotatable bonds is 8. The van der Waals surface area contributed by atoms with E-state index < -0.39 is 6.04 Å². The highest BCUT2D eigenvalue weighted by Gasteiger charge is 2.26. The first-order valence-electron chi connectivity index (χ1n) is 8.71. The number of carbonyl (C=O) groups excluding carboxylic acids is 2. The van der Waals surface area contributed by atoms with Crippen LogP contribution in [0.4, 0.5) is 0 Å². The Morgan fingerprint density at radius 3 is 2.61 bits per heavy atom. The van der Waals surface area contributed by atoms with Crippen LogP contribution in [0.3, 0.4) is 0 Å². The van der Waals surface area contributed by atoms with Gasteiger partial charge in [-0.15, -0.1) is 0 Å². The zero-order valence-electron chi connectivity index (χ0n) is 15.5. The number of amides is 2. The summed E-state index contributed by atoms with van der Waals surface area (Å²) in [5.41, 5.74) is 0.892. The molecule has 1 N–H and O–H groups in total. The monoisotopic (exact) mass is 486 g/mol. The van der Waals surface area contributed by atoms with Gasteiger partial charge in [0.15, 0.2) is 6.61 Å². The van der Waals surface area contributed by atoms with Crippen LogP contribution in [-0.2, 0) is 16.1 Å². The Balaban J connectivity index is 2.16. The molecule has 28 heavy (non-hydrogen) atoms. The highest BCUT2D eigenvalue weighted by molar-refractivity contribution is 9.10. The highest BCUT2D eigenvalue weighted by atomic mass is 79.9. The van der Waals surface area contributed by atoms with E-state index in [1.807, 2.05) is 31.2 Å². The Hall–Kier alpha value is -1.76. The van der Waals surface area contributed by atoms with Gasteiger partial charge in [-0.3, -0.25) is 9.59 Å². The molecular weight excluding hydrogens is 467 g/mol. The van der Waals surface area contributed by atoms with Gasteiger partial charge in [0.25, 0.3) is 5.91 Å². The van der Waals surface area contributed by atoms with Gasteiger partial charge in [0.05, 0.1) is 5.02 Å². The lowest BCUT2D eigenvalue weighted by Gasteiger charge is -2.28. The van der Waals surface area contributed by atoms with Gasteiger partial charge >= 0.3 is 0 Å². The molecule has 2 aromatic carbocycles.